The van der Waals surface area contributed by atoms with Crippen molar-refractivity contribution in [3.63, 3.8) is 0 Å². The van der Waals surface area contributed by atoms with Crippen molar-refractivity contribution in [3.8, 4) is 5.82 Å². The fourth-order valence-corrected chi connectivity index (χ4v) is 7.08. The molecular formula is C32H27Cl2F3N5O2Si. The van der Waals surface area contributed by atoms with E-state index in [0.717, 1.165) is 11.6 Å². The molecule has 3 aromatic carbocycles. The van der Waals surface area contributed by atoms with Crippen molar-refractivity contribution in [2.45, 2.75) is 38.2 Å². The minimum atomic E-state index is -4.87. The lowest BCUT2D eigenvalue weighted by Crippen LogP contribution is -2.22. The monoisotopic (exact) mass is 668 g/mol. The molecule has 45 heavy (non-hydrogen) atoms. The smallest absolute Gasteiger partial charge is 0.322 e. The maximum atomic E-state index is 13.9. The van der Waals surface area contributed by atoms with Crippen molar-refractivity contribution >= 4 is 66.0 Å². The van der Waals surface area contributed by atoms with Crippen LogP contribution in [0, 0.1) is 0 Å². The summed E-state index contributed by atoms with van der Waals surface area (Å²) in [6, 6.07) is 20.5. The number of nitrogens with zero attached hydrogens (tertiary/aromatic N) is 3. The van der Waals surface area contributed by atoms with E-state index in [1.54, 1.807) is 36.4 Å². The van der Waals surface area contributed by atoms with E-state index in [9.17, 15) is 22.8 Å². The fourth-order valence-electron chi connectivity index (χ4n) is 5.11. The van der Waals surface area contributed by atoms with Crippen LogP contribution in [-0.2, 0) is 6.18 Å². The molecule has 1 unspecified atom stereocenters. The number of amides is 2. The Bertz CT molecular complexity index is 1910. The van der Waals surface area contributed by atoms with E-state index in [1.165, 1.54) is 18.3 Å². The topological polar surface area (TPSA) is 88.9 Å². The van der Waals surface area contributed by atoms with Crippen LogP contribution in [0.4, 0.5) is 24.5 Å². The third-order valence-corrected chi connectivity index (χ3v) is 9.21. The van der Waals surface area contributed by atoms with Crippen molar-refractivity contribution < 1.29 is 22.8 Å². The number of carbonyl (C=O) groups is 2. The number of para-hydroxylation sites is 1. The van der Waals surface area contributed by atoms with Gasteiger partial charge in [0.15, 0.2) is 11.5 Å². The van der Waals surface area contributed by atoms with Gasteiger partial charge in [0.1, 0.15) is 5.69 Å². The Labute approximate surface area is 269 Å². The lowest BCUT2D eigenvalue weighted by atomic mass is 10.00. The summed E-state index contributed by atoms with van der Waals surface area (Å²) in [5, 5.41) is 10.3. The summed E-state index contributed by atoms with van der Waals surface area (Å²) >= 11 is 13.0. The van der Waals surface area contributed by atoms with Gasteiger partial charge in [-0.1, -0.05) is 91.7 Å². The molecule has 2 heterocycles. The normalized spacial score (nSPS) is 12.4. The molecule has 0 bridgehead atoms. The van der Waals surface area contributed by atoms with Crippen molar-refractivity contribution in [1.29, 1.82) is 0 Å². The first-order valence-electron chi connectivity index (χ1n) is 13.8. The van der Waals surface area contributed by atoms with Gasteiger partial charge in [0, 0.05) is 32.1 Å². The highest BCUT2D eigenvalue weighted by Gasteiger charge is 2.37. The lowest BCUT2D eigenvalue weighted by molar-refractivity contribution is -0.141. The van der Waals surface area contributed by atoms with E-state index in [4.69, 9.17) is 23.2 Å². The van der Waals surface area contributed by atoms with Crippen LogP contribution in [0.3, 0.4) is 0 Å². The Kier molecular flexibility index (Phi) is 9.33. The number of aromatic nitrogens is 3. The number of carbonyl (C=O) groups excluding carboxylic acids is 2. The molecular weight excluding hydrogens is 642 g/mol. The quantitative estimate of drug-likeness (QED) is 0.161. The number of benzene rings is 3. The number of alkyl halides is 3. The molecule has 13 heteroatoms. The summed E-state index contributed by atoms with van der Waals surface area (Å²) in [4.78, 5) is 31.7. The van der Waals surface area contributed by atoms with Crippen LogP contribution in [0.15, 0.2) is 79.0 Å². The lowest BCUT2D eigenvalue weighted by Gasteiger charge is -2.20. The van der Waals surface area contributed by atoms with Gasteiger partial charge in [-0.25, -0.2) is 9.67 Å². The minimum Gasteiger partial charge on any atom is -0.322 e. The first kappa shape index (κ1) is 32.2. The van der Waals surface area contributed by atoms with Crippen molar-refractivity contribution in [2.24, 2.45) is 0 Å². The highest BCUT2D eigenvalue weighted by Crippen LogP contribution is 2.37. The Hall–Kier alpha value is -4.19. The van der Waals surface area contributed by atoms with Gasteiger partial charge in [0.25, 0.3) is 11.8 Å². The third-order valence-electron chi connectivity index (χ3n) is 7.10. The van der Waals surface area contributed by atoms with Gasteiger partial charge in [0.05, 0.1) is 21.3 Å². The number of nitrogens with one attached hydrogen (secondary N) is 2. The number of pyridine rings is 1. The molecule has 0 aliphatic carbocycles. The Morgan fingerprint density at radius 2 is 1.67 bits per heavy atom. The van der Waals surface area contributed by atoms with E-state index in [0.29, 0.717) is 27.2 Å². The van der Waals surface area contributed by atoms with Crippen LogP contribution >= 0.6 is 23.2 Å². The van der Waals surface area contributed by atoms with Gasteiger partial charge in [-0.3, -0.25) is 9.59 Å². The SMILES string of the molecule is CC(C[Si](C)C)c1ccccc1NC(=O)c1cc2ccccc2c(Cl)c1NC(=O)c1cc(C(F)(F)F)nn1-c1ncccc1Cl. The second-order valence-corrected chi connectivity index (χ2v) is 14.4. The molecule has 5 rings (SSSR count). The Morgan fingerprint density at radius 3 is 2.38 bits per heavy atom. The molecule has 2 amide bonds. The molecule has 0 saturated carbocycles. The molecule has 0 fully saturated rings. The standard InChI is InChI=1S/C32H27Cl2F3N5O2Si/c1-18(17-45(2)3)20-10-6-7-13-24(20)39-30(43)22-15-19-9-4-5-11-21(19)27(34)28(22)40-31(44)25-16-26(32(35,36)37)41-42(25)29-23(33)12-8-14-38-29/h4-16,18H,17H2,1-3H3,(H,39,43)(H,40,44). The van der Waals surface area contributed by atoms with E-state index in [-0.39, 0.29) is 33.0 Å². The van der Waals surface area contributed by atoms with Crippen LogP contribution in [0.2, 0.25) is 29.2 Å². The molecule has 1 atom stereocenters. The number of rotatable bonds is 8. The number of hydrogen-bond acceptors (Lipinski definition) is 4. The largest absolute Gasteiger partial charge is 0.435 e. The van der Waals surface area contributed by atoms with Gasteiger partial charge < -0.3 is 10.6 Å². The number of halogens is 5. The highest BCUT2D eigenvalue weighted by atomic mass is 35.5. The zero-order chi connectivity index (χ0) is 32.5. The molecule has 2 N–H and O–H groups in total. The second-order valence-electron chi connectivity index (χ2n) is 10.8. The predicted octanol–water partition coefficient (Wildman–Crippen LogP) is 9.11. The van der Waals surface area contributed by atoms with Gasteiger partial charge in [-0.2, -0.15) is 18.3 Å². The predicted molar refractivity (Wildman–Crippen MR) is 173 cm³/mol. The van der Waals surface area contributed by atoms with Crippen LogP contribution in [0.25, 0.3) is 16.6 Å². The van der Waals surface area contributed by atoms with Gasteiger partial charge in [-0.05, 0) is 41.1 Å². The van der Waals surface area contributed by atoms with Gasteiger partial charge in [-0.15, -0.1) is 0 Å². The van der Waals surface area contributed by atoms with E-state index in [1.807, 2.05) is 18.2 Å². The minimum absolute atomic E-state index is 0.0169. The summed E-state index contributed by atoms with van der Waals surface area (Å²) in [6.45, 7) is 6.55. The molecule has 5 aromatic rings. The summed E-state index contributed by atoms with van der Waals surface area (Å²) in [7, 11) is -0.554. The number of hydrogen-bond donors (Lipinski definition) is 2. The number of anilines is 2. The average Bonchev–Trinajstić information content (AvgIpc) is 3.45. The average molecular weight is 670 g/mol. The molecule has 1 radical (unpaired) electrons. The molecule has 2 aromatic heterocycles. The van der Waals surface area contributed by atoms with Crippen LogP contribution < -0.4 is 10.6 Å². The molecule has 0 saturated heterocycles. The second kappa shape index (κ2) is 13.0. The van der Waals surface area contributed by atoms with Crippen LogP contribution in [0.1, 0.15) is 44.9 Å². The Morgan fingerprint density at radius 1 is 0.956 bits per heavy atom. The summed E-state index contributed by atoms with van der Waals surface area (Å²) in [5.74, 6) is -1.57. The maximum absolute atomic E-state index is 13.9. The molecule has 0 spiro atoms. The van der Waals surface area contributed by atoms with E-state index >= 15 is 0 Å². The number of fused-ring (bicyclic) bond motifs is 1. The molecule has 0 aliphatic rings. The molecule has 231 valence electrons. The zero-order valence-electron chi connectivity index (χ0n) is 24.3. The molecule has 0 aliphatic heterocycles. The van der Waals surface area contributed by atoms with Gasteiger partial charge >= 0.3 is 6.18 Å². The summed E-state index contributed by atoms with van der Waals surface area (Å²) in [6.07, 6.45) is -3.56. The van der Waals surface area contributed by atoms with E-state index < -0.39 is 38.2 Å². The van der Waals surface area contributed by atoms with Gasteiger partial charge in [0.2, 0.25) is 0 Å². The third kappa shape index (κ3) is 6.90. The van der Waals surface area contributed by atoms with Crippen LogP contribution in [-0.4, -0.2) is 35.4 Å². The summed E-state index contributed by atoms with van der Waals surface area (Å²) in [5.41, 5.74) is -0.337. The highest BCUT2D eigenvalue weighted by molar-refractivity contribution is 6.55. The fraction of sp³-hybridized carbons (Fsp3) is 0.188. The van der Waals surface area contributed by atoms with Crippen molar-refractivity contribution in [2.75, 3.05) is 10.6 Å². The van der Waals surface area contributed by atoms with Crippen LogP contribution in [0.5, 0.6) is 0 Å². The zero-order valence-corrected chi connectivity index (χ0v) is 26.8. The first-order chi connectivity index (χ1) is 21.3. The van der Waals surface area contributed by atoms with Crippen molar-refractivity contribution in [1.82, 2.24) is 14.8 Å². The molecule has 7 nitrogen and oxygen atoms in total. The summed E-state index contributed by atoms with van der Waals surface area (Å²) < 4.78 is 41.9. The van der Waals surface area contributed by atoms with E-state index in [2.05, 4.69) is 40.7 Å². The maximum Gasteiger partial charge on any atom is 0.435 e. The first-order valence-corrected chi connectivity index (χ1v) is 17.3. The Balaban J connectivity index is 1.59. The van der Waals surface area contributed by atoms with Crippen molar-refractivity contribution in [3.05, 3.63) is 112 Å².